The highest BCUT2D eigenvalue weighted by molar-refractivity contribution is 5.89. The third kappa shape index (κ3) is 4.00. The first-order chi connectivity index (χ1) is 9.99. The number of nitrogens with one attached hydrogen (secondary N) is 1. The molecule has 4 nitrogen and oxygen atoms in total. The summed E-state index contributed by atoms with van der Waals surface area (Å²) in [6.07, 6.45) is 1.52. The van der Waals surface area contributed by atoms with Crippen LogP contribution < -0.4 is 5.32 Å². The third-order valence-electron chi connectivity index (χ3n) is 3.43. The predicted octanol–water partition coefficient (Wildman–Crippen LogP) is 1.98. The Balaban J connectivity index is 2.16. The molecule has 6 heteroatoms. The molecule has 1 aromatic rings. The maximum absolute atomic E-state index is 13.2. The van der Waals surface area contributed by atoms with Crippen molar-refractivity contribution in [3.8, 4) is 0 Å². The lowest BCUT2D eigenvalue weighted by molar-refractivity contribution is -0.134. The number of hydrogen-bond acceptors (Lipinski definition) is 2. The average molecular weight is 296 g/mol. The molecule has 1 N–H and O–H groups in total. The molecule has 1 fully saturated rings. The highest BCUT2D eigenvalue weighted by Crippen LogP contribution is 2.15. The Kier molecular flexibility index (Phi) is 4.88. The van der Waals surface area contributed by atoms with Crippen molar-refractivity contribution in [1.82, 2.24) is 10.2 Å². The quantitative estimate of drug-likeness (QED) is 0.923. The van der Waals surface area contributed by atoms with E-state index in [0.717, 1.165) is 12.5 Å². The normalized spacial score (nSPS) is 19.4. The number of rotatable bonds is 4. The summed E-state index contributed by atoms with van der Waals surface area (Å²) in [5.41, 5.74) is 0.380. The SMILES string of the molecule is CCCC1NC(=O)CCN(Cc2cc(F)cc(F)c2)C1=O. The summed E-state index contributed by atoms with van der Waals surface area (Å²) in [7, 11) is 0. The monoisotopic (exact) mass is 296 g/mol. The fourth-order valence-corrected chi connectivity index (χ4v) is 2.46. The molecule has 0 aromatic heterocycles. The first kappa shape index (κ1) is 15.4. The van der Waals surface area contributed by atoms with Crippen LogP contribution in [0.2, 0.25) is 0 Å². The van der Waals surface area contributed by atoms with E-state index in [1.807, 2.05) is 6.92 Å². The van der Waals surface area contributed by atoms with E-state index in [9.17, 15) is 18.4 Å². The molecular weight excluding hydrogens is 278 g/mol. The molecule has 0 aliphatic carbocycles. The molecule has 0 radical (unpaired) electrons. The Hall–Kier alpha value is -1.98. The smallest absolute Gasteiger partial charge is 0.245 e. The number of halogens is 2. The molecule has 1 atom stereocenters. The highest BCUT2D eigenvalue weighted by atomic mass is 19.1. The number of carbonyl (C=O) groups is 2. The van der Waals surface area contributed by atoms with Gasteiger partial charge in [-0.15, -0.1) is 0 Å². The molecular formula is C15H18F2N2O2. The van der Waals surface area contributed by atoms with E-state index in [4.69, 9.17) is 0 Å². The van der Waals surface area contributed by atoms with E-state index < -0.39 is 17.7 Å². The molecule has 1 aromatic carbocycles. The molecule has 1 aliphatic rings. The number of hydrogen-bond donors (Lipinski definition) is 1. The standard InChI is InChI=1S/C15H18F2N2O2/c1-2-3-13-15(21)19(5-4-14(20)18-13)9-10-6-11(16)8-12(17)7-10/h6-8,13H,2-5,9H2,1H3,(H,18,20). The summed E-state index contributed by atoms with van der Waals surface area (Å²) in [5, 5.41) is 2.69. The van der Waals surface area contributed by atoms with E-state index in [2.05, 4.69) is 5.32 Å². The van der Waals surface area contributed by atoms with Gasteiger partial charge in [0.2, 0.25) is 11.8 Å². The van der Waals surface area contributed by atoms with Crippen molar-refractivity contribution >= 4 is 11.8 Å². The van der Waals surface area contributed by atoms with Gasteiger partial charge < -0.3 is 10.2 Å². The van der Waals surface area contributed by atoms with Crippen molar-refractivity contribution in [2.75, 3.05) is 6.54 Å². The van der Waals surface area contributed by atoms with Gasteiger partial charge in [0, 0.05) is 25.6 Å². The minimum atomic E-state index is -0.674. The van der Waals surface area contributed by atoms with Crippen molar-refractivity contribution in [3.05, 3.63) is 35.4 Å². The lowest BCUT2D eigenvalue weighted by Crippen LogP contribution is -2.44. The van der Waals surface area contributed by atoms with E-state index in [1.165, 1.54) is 17.0 Å². The largest absolute Gasteiger partial charge is 0.344 e. The number of benzene rings is 1. The molecule has 114 valence electrons. The first-order valence-corrected chi connectivity index (χ1v) is 7.02. The van der Waals surface area contributed by atoms with Gasteiger partial charge in [-0.3, -0.25) is 9.59 Å². The van der Waals surface area contributed by atoms with E-state index in [-0.39, 0.29) is 31.3 Å². The van der Waals surface area contributed by atoms with Crippen molar-refractivity contribution in [3.63, 3.8) is 0 Å². The van der Waals surface area contributed by atoms with Crippen molar-refractivity contribution in [2.24, 2.45) is 0 Å². The predicted molar refractivity (Wildman–Crippen MR) is 73.2 cm³/mol. The lowest BCUT2D eigenvalue weighted by atomic mass is 10.1. The first-order valence-electron chi connectivity index (χ1n) is 7.02. The summed E-state index contributed by atoms with van der Waals surface area (Å²) in [6.45, 7) is 2.28. The van der Waals surface area contributed by atoms with Gasteiger partial charge in [-0.25, -0.2) is 8.78 Å². The molecule has 1 heterocycles. The maximum Gasteiger partial charge on any atom is 0.245 e. The Morgan fingerprint density at radius 2 is 1.90 bits per heavy atom. The van der Waals surface area contributed by atoms with Gasteiger partial charge in [-0.05, 0) is 24.1 Å². The van der Waals surface area contributed by atoms with Crippen LogP contribution in [0, 0.1) is 11.6 Å². The molecule has 1 aliphatic heterocycles. The van der Waals surface area contributed by atoms with Gasteiger partial charge >= 0.3 is 0 Å². The summed E-state index contributed by atoms with van der Waals surface area (Å²) in [6, 6.07) is 2.64. The molecule has 0 saturated carbocycles. The summed E-state index contributed by atoms with van der Waals surface area (Å²) in [5.74, 6) is -1.72. The van der Waals surface area contributed by atoms with Gasteiger partial charge in [0.05, 0.1) is 0 Å². The zero-order chi connectivity index (χ0) is 15.4. The maximum atomic E-state index is 13.2. The number of carbonyl (C=O) groups excluding carboxylic acids is 2. The zero-order valence-electron chi connectivity index (χ0n) is 11.9. The van der Waals surface area contributed by atoms with Gasteiger partial charge in [0.25, 0.3) is 0 Å². The fourth-order valence-electron chi connectivity index (χ4n) is 2.46. The molecule has 1 unspecified atom stereocenters. The lowest BCUT2D eigenvalue weighted by Gasteiger charge is -2.24. The van der Waals surface area contributed by atoms with Crippen LogP contribution >= 0.6 is 0 Å². The van der Waals surface area contributed by atoms with Crippen LogP contribution in [0.15, 0.2) is 18.2 Å². The highest BCUT2D eigenvalue weighted by Gasteiger charge is 2.29. The minimum absolute atomic E-state index is 0.0999. The molecule has 21 heavy (non-hydrogen) atoms. The van der Waals surface area contributed by atoms with Crippen LogP contribution in [-0.4, -0.2) is 29.3 Å². The molecule has 0 spiro atoms. The Labute approximate surface area is 122 Å². The van der Waals surface area contributed by atoms with Crippen LogP contribution in [-0.2, 0) is 16.1 Å². The second-order valence-corrected chi connectivity index (χ2v) is 5.20. The van der Waals surface area contributed by atoms with E-state index in [0.29, 0.717) is 12.0 Å². The second-order valence-electron chi connectivity index (χ2n) is 5.20. The summed E-state index contributed by atoms with van der Waals surface area (Å²) >= 11 is 0. The topological polar surface area (TPSA) is 49.4 Å². The Bertz CT molecular complexity index is 528. The zero-order valence-corrected chi connectivity index (χ0v) is 11.9. The third-order valence-corrected chi connectivity index (χ3v) is 3.43. The average Bonchev–Trinajstić information content (AvgIpc) is 2.52. The van der Waals surface area contributed by atoms with E-state index >= 15 is 0 Å². The molecule has 0 bridgehead atoms. The van der Waals surface area contributed by atoms with Crippen molar-refractivity contribution < 1.29 is 18.4 Å². The Morgan fingerprint density at radius 3 is 2.52 bits per heavy atom. The number of nitrogens with zero attached hydrogens (tertiary/aromatic N) is 1. The van der Waals surface area contributed by atoms with Crippen LogP contribution in [0.1, 0.15) is 31.7 Å². The fraction of sp³-hybridized carbons (Fsp3) is 0.467. The summed E-state index contributed by atoms with van der Waals surface area (Å²) in [4.78, 5) is 25.5. The van der Waals surface area contributed by atoms with Crippen LogP contribution in [0.25, 0.3) is 0 Å². The van der Waals surface area contributed by atoms with Crippen LogP contribution in [0.4, 0.5) is 8.78 Å². The molecule has 1 saturated heterocycles. The van der Waals surface area contributed by atoms with E-state index in [1.54, 1.807) is 0 Å². The second kappa shape index (κ2) is 6.65. The van der Waals surface area contributed by atoms with Gasteiger partial charge in [-0.1, -0.05) is 13.3 Å². The summed E-state index contributed by atoms with van der Waals surface area (Å²) < 4.78 is 26.4. The van der Waals surface area contributed by atoms with Gasteiger partial charge in [-0.2, -0.15) is 0 Å². The molecule has 2 amide bonds. The molecule has 2 rings (SSSR count). The van der Waals surface area contributed by atoms with Crippen molar-refractivity contribution in [2.45, 2.75) is 38.8 Å². The van der Waals surface area contributed by atoms with Crippen LogP contribution in [0.5, 0.6) is 0 Å². The van der Waals surface area contributed by atoms with Crippen LogP contribution in [0.3, 0.4) is 0 Å². The number of amides is 2. The van der Waals surface area contributed by atoms with Crippen molar-refractivity contribution in [1.29, 1.82) is 0 Å². The Morgan fingerprint density at radius 1 is 1.24 bits per heavy atom. The van der Waals surface area contributed by atoms with Gasteiger partial charge in [0.1, 0.15) is 17.7 Å². The minimum Gasteiger partial charge on any atom is -0.344 e. The van der Waals surface area contributed by atoms with Gasteiger partial charge in [0.15, 0.2) is 0 Å².